The molecule has 2 aromatic rings. The van der Waals surface area contributed by atoms with Gasteiger partial charge in [-0.05, 0) is 55.9 Å². The van der Waals surface area contributed by atoms with E-state index in [1.54, 1.807) is 19.2 Å². The number of aryl methyl sites for hydroxylation is 1. The molecule has 0 bridgehead atoms. The average Bonchev–Trinajstić information content (AvgIpc) is 2.68. The van der Waals surface area contributed by atoms with Crippen molar-refractivity contribution in [2.75, 3.05) is 12.4 Å². The van der Waals surface area contributed by atoms with Crippen molar-refractivity contribution in [2.45, 2.75) is 64.8 Å². The Kier molecular flexibility index (Phi) is 6.90. The molecule has 0 saturated heterocycles. The summed E-state index contributed by atoms with van der Waals surface area (Å²) in [7, 11) is 1.56. The highest BCUT2D eigenvalue weighted by Gasteiger charge is 2.20. The van der Waals surface area contributed by atoms with Crippen molar-refractivity contribution in [3.05, 3.63) is 57.5 Å². The smallest absolute Gasteiger partial charge is 0.263 e. The predicted octanol–water partition coefficient (Wildman–Crippen LogP) is 4.57. The number of carbonyl (C=O) groups is 1. The summed E-state index contributed by atoms with van der Waals surface area (Å²) in [5.74, 6) is 0.206. The number of ether oxygens (including phenoxy) is 1. The van der Waals surface area contributed by atoms with Crippen LogP contribution in [0.15, 0.2) is 35.1 Å². The second kappa shape index (κ2) is 9.58. The van der Waals surface area contributed by atoms with Crippen LogP contribution < -0.4 is 15.6 Å². The molecule has 1 heterocycles. The molecule has 1 N–H and O–H groups in total. The molecule has 0 aliphatic heterocycles. The molecule has 1 aromatic heterocycles. The Morgan fingerprint density at radius 2 is 1.89 bits per heavy atom. The van der Waals surface area contributed by atoms with Crippen LogP contribution in [0.2, 0.25) is 0 Å². The molecule has 28 heavy (non-hydrogen) atoms. The second-order valence-electron chi connectivity index (χ2n) is 7.41. The minimum atomic E-state index is -0.371. The maximum Gasteiger partial charge on any atom is 0.263 e. The maximum absolute atomic E-state index is 13.2. The van der Waals surface area contributed by atoms with Crippen molar-refractivity contribution in [3.63, 3.8) is 0 Å². The fourth-order valence-corrected chi connectivity index (χ4v) is 3.89. The van der Waals surface area contributed by atoms with Crippen molar-refractivity contribution in [3.8, 4) is 5.75 Å². The number of hydrogen-bond acceptors (Lipinski definition) is 3. The summed E-state index contributed by atoms with van der Waals surface area (Å²) in [5.41, 5.74) is 2.90. The van der Waals surface area contributed by atoms with Gasteiger partial charge in [-0.2, -0.15) is 0 Å². The fraction of sp³-hybridized carbons (Fsp3) is 0.478. The fourth-order valence-electron chi connectivity index (χ4n) is 3.89. The largest absolute Gasteiger partial charge is 0.495 e. The molecule has 1 aromatic carbocycles. The number of methoxy groups -OCH3 is 1. The summed E-state index contributed by atoms with van der Waals surface area (Å²) in [5, 5.41) is 2.86. The van der Waals surface area contributed by atoms with Crippen molar-refractivity contribution in [1.29, 1.82) is 0 Å². The molecular weight excluding hydrogens is 352 g/mol. The number of carbonyl (C=O) groups excluding carboxylic acids is 1. The van der Waals surface area contributed by atoms with Crippen molar-refractivity contribution in [1.82, 2.24) is 4.57 Å². The molecule has 0 unspecified atom stereocenters. The van der Waals surface area contributed by atoms with Gasteiger partial charge in [0, 0.05) is 12.2 Å². The normalized spacial score (nSPS) is 13.9. The first kappa shape index (κ1) is 20.2. The minimum Gasteiger partial charge on any atom is -0.495 e. The molecule has 0 saturated carbocycles. The summed E-state index contributed by atoms with van der Waals surface area (Å²) >= 11 is 0. The molecule has 1 amide bonds. The molecular formula is C23H30N2O3. The van der Waals surface area contributed by atoms with Crippen LogP contribution >= 0.6 is 0 Å². The molecule has 0 atom stereocenters. The van der Waals surface area contributed by atoms with Crippen LogP contribution in [0.4, 0.5) is 5.69 Å². The van der Waals surface area contributed by atoms with E-state index in [1.165, 1.54) is 12.8 Å². The number of amides is 1. The van der Waals surface area contributed by atoms with E-state index in [-0.39, 0.29) is 17.0 Å². The molecule has 1 aliphatic carbocycles. The van der Waals surface area contributed by atoms with Crippen molar-refractivity contribution < 1.29 is 9.53 Å². The van der Waals surface area contributed by atoms with Gasteiger partial charge in [0.25, 0.3) is 11.5 Å². The predicted molar refractivity (Wildman–Crippen MR) is 112 cm³/mol. The van der Waals surface area contributed by atoms with Gasteiger partial charge in [-0.15, -0.1) is 0 Å². The minimum absolute atomic E-state index is 0.180. The lowest BCUT2D eigenvalue weighted by molar-refractivity contribution is 0.102. The summed E-state index contributed by atoms with van der Waals surface area (Å²) in [6, 6.07) is 9.07. The number of para-hydroxylation sites is 2. The molecule has 150 valence electrons. The monoisotopic (exact) mass is 382 g/mol. The number of unbranched alkanes of at least 4 members (excludes halogenated alkanes) is 1. The number of fused-ring (bicyclic) bond motifs is 1. The highest BCUT2D eigenvalue weighted by Crippen LogP contribution is 2.24. The van der Waals surface area contributed by atoms with Crippen molar-refractivity contribution >= 4 is 11.6 Å². The Morgan fingerprint density at radius 1 is 1.14 bits per heavy atom. The van der Waals surface area contributed by atoms with E-state index in [2.05, 4.69) is 12.2 Å². The Morgan fingerprint density at radius 3 is 2.64 bits per heavy atom. The molecule has 0 spiro atoms. The van der Waals surface area contributed by atoms with E-state index in [0.717, 1.165) is 49.8 Å². The van der Waals surface area contributed by atoms with Gasteiger partial charge >= 0.3 is 0 Å². The van der Waals surface area contributed by atoms with Gasteiger partial charge in [0.2, 0.25) is 0 Å². The van der Waals surface area contributed by atoms with Crippen LogP contribution in [0.25, 0.3) is 0 Å². The van der Waals surface area contributed by atoms with Gasteiger partial charge < -0.3 is 14.6 Å². The third-order valence-corrected chi connectivity index (χ3v) is 5.44. The highest BCUT2D eigenvalue weighted by molar-refractivity contribution is 6.04. The van der Waals surface area contributed by atoms with Crippen LogP contribution in [0.1, 0.15) is 67.1 Å². The van der Waals surface area contributed by atoms with Crippen LogP contribution in [0, 0.1) is 0 Å². The number of rotatable bonds is 6. The zero-order valence-corrected chi connectivity index (χ0v) is 16.9. The number of aromatic nitrogens is 1. The van der Waals surface area contributed by atoms with Crippen molar-refractivity contribution in [2.24, 2.45) is 0 Å². The van der Waals surface area contributed by atoms with Gasteiger partial charge in [0.1, 0.15) is 11.3 Å². The highest BCUT2D eigenvalue weighted by atomic mass is 16.5. The van der Waals surface area contributed by atoms with Gasteiger partial charge in [-0.3, -0.25) is 9.59 Å². The van der Waals surface area contributed by atoms with Gasteiger partial charge in [0.05, 0.1) is 12.8 Å². The molecule has 5 heteroatoms. The number of nitrogens with one attached hydrogen (secondary N) is 1. The topological polar surface area (TPSA) is 60.3 Å². The molecule has 0 fully saturated rings. The van der Waals surface area contributed by atoms with E-state index in [4.69, 9.17) is 4.74 Å². The van der Waals surface area contributed by atoms with Crippen LogP contribution in [0.5, 0.6) is 5.75 Å². The number of nitrogens with zero attached hydrogens (tertiary/aromatic N) is 1. The Labute approximate surface area is 166 Å². The number of benzene rings is 1. The maximum atomic E-state index is 13.2. The van der Waals surface area contributed by atoms with Gasteiger partial charge in [-0.25, -0.2) is 0 Å². The number of pyridine rings is 1. The quantitative estimate of drug-likeness (QED) is 0.796. The standard InChI is InChI=1S/C23H30N2O3/c1-3-4-15-25-20-13-8-6-5-7-11-17(20)16-18(23(25)27)22(26)24-19-12-9-10-14-21(19)28-2/h9-10,12,14,16H,3-8,11,13,15H2,1-2H3,(H,24,26). The van der Waals surface area contributed by atoms with Crippen LogP contribution in [0.3, 0.4) is 0 Å². The number of hydrogen-bond donors (Lipinski definition) is 1. The third-order valence-electron chi connectivity index (χ3n) is 5.44. The van der Waals surface area contributed by atoms with E-state index in [9.17, 15) is 9.59 Å². The Bertz CT molecular complexity index is 886. The molecule has 0 radical (unpaired) electrons. The summed E-state index contributed by atoms with van der Waals surface area (Å²) in [6.45, 7) is 2.79. The zero-order valence-electron chi connectivity index (χ0n) is 16.9. The molecule has 1 aliphatic rings. The van der Waals surface area contributed by atoms with E-state index >= 15 is 0 Å². The van der Waals surface area contributed by atoms with E-state index in [0.29, 0.717) is 18.0 Å². The molecule has 5 nitrogen and oxygen atoms in total. The summed E-state index contributed by atoms with van der Waals surface area (Å²) in [6.07, 6.45) is 8.41. The van der Waals surface area contributed by atoms with E-state index in [1.807, 2.05) is 22.8 Å². The first-order valence-electron chi connectivity index (χ1n) is 10.4. The summed E-state index contributed by atoms with van der Waals surface area (Å²) in [4.78, 5) is 26.2. The second-order valence-corrected chi connectivity index (χ2v) is 7.41. The lowest BCUT2D eigenvalue weighted by Crippen LogP contribution is -2.33. The summed E-state index contributed by atoms with van der Waals surface area (Å²) < 4.78 is 7.17. The third kappa shape index (κ3) is 4.46. The van der Waals surface area contributed by atoms with Gasteiger partial charge in [0.15, 0.2) is 0 Å². The van der Waals surface area contributed by atoms with E-state index < -0.39 is 0 Å². The lowest BCUT2D eigenvalue weighted by Gasteiger charge is -2.21. The first-order valence-corrected chi connectivity index (χ1v) is 10.4. The van der Waals surface area contributed by atoms with Crippen LogP contribution in [-0.4, -0.2) is 17.6 Å². The zero-order chi connectivity index (χ0) is 19.9. The Hall–Kier alpha value is -2.56. The number of anilines is 1. The Balaban J connectivity index is 2.00. The average molecular weight is 383 g/mol. The van der Waals surface area contributed by atoms with Crippen LogP contribution in [-0.2, 0) is 19.4 Å². The first-order chi connectivity index (χ1) is 13.7. The lowest BCUT2D eigenvalue weighted by atomic mass is 9.95. The van der Waals surface area contributed by atoms with Gasteiger partial charge in [-0.1, -0.05) is 38.3 Å². The molecule has 3 rings (SSSR count). The SMILES string of the molecule is CCCCn1c2c(cc(C(=O)Nc3ccccc3OC)c1=O)CCCCCC2.